The van der Waals surface area contributed by atoms with E-state index in [1.165, 1.54) is 5.56 Å². The first-order valence-electron chi connectivity index (χ1n) is 6.80. The molecule has 1 aliphatic carbocycles. The third-order valence-corrected chi connectivity index (χ3v) is 3.74. The number of rotatable bonds is 6. The number of aliphatic hydroxyl groups is 1. The number of hydrogen-bond acceptors (Lipinski definition) is 5. The number of ether oxygens (including phenoxy) is 1. The van der Waals surface area contributed by atoms with Crippen LogP contribution in [0.3, 0.4) is 0 Å². The Morgan fingerprint density at radius 1 is 1.35 bits per heavy atom. The van der Waals surface area contributed by atoms with Gasteiger partial charge in [-0.15, -0.1) is 0 Å². The minimum Gasteiger partial charge on any atom is -0.390 e. The molecule has 1 saturated carbocycles. The molecule has 0 saturated heterocycles. The van der Waals surface area contributed by atoms with E-state index in [-0.39, 0.29) is 12.0 Å². The molecule has 1 aromatic heterocycles. The van der Waals surface area contributed by atoms with E-state index in [2.05, 4.69) is 22.3 Å². The molecule has 0 radical (unpaired) electrons. The highest BCUT2D eigenvalue weighted by Crippen LogP contribution is 2.52. The molecule has 1 aromatic carbocycles. The highest BCUT2D eigenvalue weighted by atomic mass is 16.5. The van der Waals surface area contributed by atoms with E-state index in [0.717, 1.165) is 18.7 Å². The average molecular weight is 274 g/mol. The highest BCUT2D eigenvalue weighted by molar-refractivity contribution is 5.38. The molecule has 5 nitrogen and oxygen atoms in total. The van der Waals surface area contributed by atoms with E-state index < -0.39 is 6.10 Å². The first kappa shape index (κ1) is 13.3. The number of aromatic nitrogens is 2. The van der Waals surface area contributed by atoms with Crippen LogP contribution in [-0.4, -0.2) is 35.1 Å². The Bertz CT molecular complexity index is 564. The summed E-state index contributed by atoms with van der Waals surface area (Å²) < 4.78 is 10.1. The van der Waals surface area contributed by atoms with E-state index >= 15 is 0 Å². The van der Waals surface area contributed by atoms with Crippen molar-refractivity contribution in [3.05, 3.63) is 47.6 Å². The zero-order valence-corrected chi connectivity index (χ0v) is 11.5. The second-order valence-electron chi connectivity index (χ2n) is 5.27. The van der Waals surface area contributed by atoms with Gasteiger partial charge >= 0.3 is 0 Å². The third kappa shape index (κ3) is 2.46. The van der Waals surface area contributed by atoms with Crippen LogP contribution in [0.25, 0.3) is 0 Å². The van der Waals surface area contributed by atoms with Crippen LogP contribution >= 0.6 is 0 Å². The molecule has 0 amide bonds. The van der Waals surface area contributed by atoms with Crippen LogP contribution in [0, 0.1) is 0 Å². The van der Waals surface area contributed by atoms with Gasteiger partial charge in [0.05, 0.1) is 24.5 Å². The van der Waals surface area contributed by atoms with Gasteiger partial charge in [-0.2, -0.15) is 4.98 Å². The van der Waals surface area contributed by atoms with Crippen LogP contribution in [0.4, 0.5) is 0 Å². The standard InChI is InChI=1S/C15H18N2O3/c1-19-10-12(18)9-13-16-14(17-20-13)15(7-8-15)11-5-3-2-4-6-11/h2-6,12,18H,7-10H2,1H3. The highest BCUT2D eigenvalue weighted by Gasteiger charge is 2.49. The van der Waals surface area contributed by atoms with Gasteiger partial charge in [0.1, 0.15) is 0 Å². The Morgan fingerprint density at radius 2 is 2.10 bits per heavy atom. The van der Waals surface area contributed by atoms with Gasteiger partial charge in [-0.3, -0.25) is 0 Å². The van der Waals surface area contributed by atoms with Crippen LogP contribution in [0.1, 0.15) is 30.1 Å². The van der Waals surface area contributed by atoms with Crippen molar-refractivity contribution in [2.75, 3.05) is 13.7 Å². The molecule has 2 aromatic rings. The molecule has 3 rings (SSSR count). The van der Waals surface area contributed by atoms with Gasteiger partial charge in [0.15, 0.2) is 5.82 Å². The monoisotopic (exact) mass is 274 g/mol. The van der Waals surface area contributed by atoms with Gasteiger partial charge in [-0.1, -0.05) is 35.5 Å². The predicted molar refractivity (Wildman–Crippen MR) is 72.3 cm³/mol. The maximum atomic E-state index is 9.69. The van der Waals surface area contributed by atoms with Gasteiger partial charge in [0, 0.05) is 7.11 Å². The number of benzene rings is 1. The molecular weight excluding hydrogens is 256 g/mol. The lowest BCUT2D eigenvalue weighted by Gasteiger charge is -2.10. The van der Waals surface area contributed by atoms with Gasteiger partial charge in [-0.05, 0) is 18.4 Å². The molecule has 1 aliphatic rings. The lowest BCUT2D eigenvalue weighted by Crippen LogP contribution is -2.17. The molecule has 1 N–H and O–H groups in total. The lowest BCUT2D eigenvalue weighted by atomic mass is 9.95. The Balaban J connectivity index is 1.77. The fourth-order valence-electron chi connectivity index (χ4n) is 2.51. The lowest BCUT2D eigenvalue weighted by molar-refractivity contribution is 0.0599. The summed E-state index contributed by atoms with van der Waals surface area (Å²) in [5, 5.41) is 13.8. The fraction of sp³-hybridized carbons (Fsp3) is 0.467. The second-order valence-corrected chi connectivity index (χ2v) is 5.27. The van der Waals surface area contributed by atoms with E-state index in [0.29, 0.717) is 12.3 Å². The van der Waals surface area contributed by atoms with Gasteiger partial charge in [-0.25, -0.2) is 0 Å². The number of nitrogens with zero attached hydrogens (tertiary/aromatic N) is 2. The molecule has 1 atom stereocenters. The molecular formula is C15H18N2O3. The van der Waals surface area contributed by atoms with E-state index in [1.807, 2.05) is 18.2 Å². The topological polar surface area (TPSA) is 68.4 Å². The molecule has 5 heteroatoms. The third-order valence-electron chi connectivity index (χ3n) is 3.74. The SMILES string of the molecule is COCC(O)Cc1nc(C2(c3ccccc3)CC2)no1. The summed E-state index contributed by atoms with van der Waals surface area (Å²) in [5.74, 6) is 1.19. The molecule has 1 fully saturated rings. The summed E-state index contributed by atoms with van der Waals surface area (Å²) in [4.78, 5) is 4.45. The molecule has 0 bridgehead atoms. The number of aliphatic hydroxyl groups excluding tert-OH is 1. The van der Waals surface area contributed by atoms with Gasteiger partial charge in [0.2, 0.25) is 5.89 Å². The molecule has 0 spiro atoms. The summed E-state index contributed by atoms with van der Waals surface area (Å²) in [6.07, 6.45) is 1.79. The first-order chi connectivity index (χ1) is 9.74. The maximum Gasteiger partial charge on any atom is 0.229 e. The molecule has 0 aliphatic heterocycles. The van der Waals surface area contributed by atoms with Crippen molar-refractivity contribution in [3.8, 4) is 0 Å². The number of methoxy groups -OCH3 is 1. The average Bonchev–Trinajstić information content (AvgIpc) is 3.15. The summed E-state index contributed by atoms with van der Waals surface area (Å²) in [7, 11) is 1.55. The van der Waals surface area contributed by atoms with Gasteiger partial charge in [0.25, 0.3) is 0 Å². The van der Waals surface area contributed by atoms with Crippen molar-refractivity contribution in [2.24, 2.45) is 0 Å². The van der Waals surface area contributed by atoms with Gasteiger partial charge < -0.3 is 14.4 Å². The zero-order valence-electron chi connectivity index (χ0n) is 11.5. The Labute approximate surface area is 117 Å². The Kier molecular flexibility index (Phi) is 3.54. The largest absolute Gasteiger partial charge is 0.390 e. The van der Waals surface area contributed by atoms with Crippen LogP contribution in [0.5, 0.6) is 0 Å². The fourth-order valence-corrected chi connectivity index (χ4v) is 2.51. The Morgan fingerprint density at radius 3 is 2.75 bits per heavy atom. The van der Waals surface area contributed by atoms with Crippen molar-refractivity contribution in [1.29, 1.82) is 0 Å². The normalized spacial score (nSPS) is 17.9. The summed E-state index contributed by atoms with van der Waals surface area (Å²) in [6, 6.07) is 10.3. The molecule has 1 heterocycles. The minimum absolute atomic E-state index is 0.0881. The zero-order chi connectivity index (χ0) is 14.0. The smallest absolute Gasteiger partial charge is 0.229 e. The Hall–Kier alpha value is -1.72. The van der Waals surface area contributed by atoms with Crippen LogP contribution in [0.2, 0.25) is 0 Å². The van der Waals surface area contributed by atoms with Crippen LogP contribution in [0.15, 0.2) is 34.9 Å². The van der Waals surface area contributed by atoms with Crippen molar-refractivity contribution in [3.63, 3.8) is 0 Å². The first-order valence-corrected chi connectivity index (χ1v) is 6.80. The van der Waals surface area contributed by atoms with E-state index in [4.69, 9.17) is 9.26 Å². The van der Waals surface area contributed by atoms with Crippen molar-refractivity contribution in [2.45, 2.75) is 30.8 Å². The maximum absolute atomic E-state index is 9.69. The van der Waals surface area contributed by atoms with E-state index in [1.54, 1.807) is 7.11 Å². The molecule has 20 heavy (non-hydrogen) atoms. The van der Waals surface area contributed by atoms with Crippen molar-refractivity contribution in [1.82, 2.24) is 10.1 Å². The molecule has 1 unspecified atom stereocenters. The summed E-state index contributed by atoms with van der Waals surface area (Å²) in [5.41, 5.74) is 1.14. The second kappa shape index (κ2) is 5.34. The quantitative estimate of drug-likeness (QED) is 0.868. The predicted octanol–water partition coefficient (Wildman–Crippen LogP) is 1.70. The summed E-state index contributed by atoms with van der Waals surface area (Å²) in [6.45, 7) is 0.265. The van der Waals surface area contributed by atoms with Crippen LogP contribution in [-0.2, 0) is 16.6 Å². The minimum atomic E-state index is -0.611. The van der Waals surface area contributed by atoms with Crippen molar-refractivity contribution >= 4 is 0 Å². The van der Waals surface area contributed by atoms with Crippen LogP contribution < -0.4 is 0 Å². The molecule has 106 valence electrons. The van der Waals surface area contributed by atoms with Crippen molar-refractivity contribution < 1.29 is 14.4 Å². The summed E-state index contributed by atoms with van der Waals surface area (Å²) >= 11 is 0. The van der Waals surface area contributed by atoms with E-state index in [9.17, 15) is 5.11 Å². The number of hydrogen-bond donors (Lipinski definition) is 1.